The topological polar surface area (TPSA) is 102 Å². The molecule has 1 fully saturated rings. The van der Waals surface area contributed by atoms with Crippen molar-refractivity contribution in [3.63, 3.8) is 0 Å². The van der Waals surface area contributed by atoms with E-state index in [0.717, 1.165) is 25.0 Å². The van der Waals surface area contributed by atoms with Gasteiger partial charge in [0, 0.05) is 31.9 Å². The molecule has 2 aromatic heterocycles. The summed E-state index contributed by atoms with van der Waals surface area (Å²) in [5, 5.41) is 3.92. The summed E-state index contributed by atoms with van der Waals surface area (Å²) in [6.45, 7) is 0.785. The Morgan fingerprint density at radius 2 is 2.04 bits per heavy atom. The van der Waals surface area contributed by atoms with Crippen LogP contribution >= 0.6 is 0 Å². The number of aromatic nitrogens is 4. The number of piperidine rings is 1. The van der Waals surface area contributed by atoms with Gasteiger partial charge in [0.2, 0.25) is 21.7 Å². The number of nitrogens with zero attached hydrogens (tertiary/aromatic N) is 5. The van der Waals surface area contributed by atoms with Crippen LogP contribution in [0.4, 0.5) is 4.39 Å². The van der Waals surface area contributed by atoms with Crippen molar-refractivity contribution in [2.45, 2.75) is 24.2 Å². The minimum Gasteiger partial charge on any atom is -0.339 e. The van der Waals surface area contributed by atoms with Crippen LogP contribution in [-0.2, 0) is 16.4 Å². The van der Waals surface area contributed by atoms with Crippen molar-refractivity contribution in [3.8, 4) is 11.5 Å². The van der Waals surface area contributed by atoms with Crippen molar-refractivity contribution in [1.29, 1.82) is 0 Å². The van der Waals surface area contributed by atoms with Crippen LogP contribution in [0.2, 0.25) is 0 Å². The minimum atomic E-state index is -3.66. The molecule has 1 aliphatic rings. The molecule has 0 spiro atoms. The van der Waals surface area contributed by atoms with Gasteiger partial charge >= 0.3 is 0 Å². The second-order valence-electron chi connectivity index (χ2n) is 6.63. The Hall–Kier alpha value is -2.72. The third-order valence-corrected chi connectivity index (χ3v) is 6.54. The number of sulfonamides is 1. The van der Waals surface area contributed by atoms with Crippen LogP contribution in [0.3, 0.4) is 0 Å². The third kappa shape index (κ3) is 3.92. The van der Waals surface area contributed by atoms with Crippen molar-refractivity contribution >= 4 is 10.0 Å². The van der Waals surface area contributed by atoms with E-state index in [0.29, 0.717) is 36.9 Å². The summed E-state index contributed by atoms with van der Waals surface area (Å²) >= 11 is 0. The maximum absolute atomic E-state index is 13.1. The Balaban J connectivity index is 1.46. The summed E-state index contributed by atoms with van der Waals surface area (Å²) in [4.78, 5) is 12.5. The predicted octanol–water partition coefficient (Wildman–Crippen LogP) is 2.31. The lowest BCUT2D eigenvalue weighted by molar-refractivity contribution is 0.247. The third-order valence-electron chi connectivity index (χ3n) is 4.66. The van der Waals surface area contributed by atoms with Crippen molar-refractivity contribution in [2.75, 3.05) is 13.1 Å². The molecule has 1 unspecified atom stereocenters. The number of rotatable bonds is 5. The molecule has 1 saturated heterocycles. The molecule has 0 saturated carbocycles. The van der Waals surface area contributed by atoms with Crippen LogP contribution < -0.4 is 0 Å². The van der Waals surface area contributed by atoms with Gasteiger partial charge in [-0.05, 0) is 43.0 Å². The van der Waals surface area contributed by atoms with E-state index >= 15 is 0 Å². The van der Waals surface area contributed by atoms with E-state index < -0.39 is 15.8 Å². The van der Waals surface area contributed by atoms with E-state index in [9.17, 15) is 12.8 Å². The summed E-state index contributed by atoms with van der Waals surface area (Å²) < 4.78 is 45.5. The van der Waals surface area contributed by atoms with Gasteiger partial charge in [-0.2, -0.15) is 9.29 Å². The van der Waals surface area contributed by atoms with Gasteiger partial charge in [-0.15, -0.1) is 0 Å². The molecule has 1 atom stereocenters. The van der Waals surface area contributed by atoms with Crippen molar-refractivity contribution in [3.05, 3.63) is 54.6 Å². The van der Waals surface area contributed by atoms with E-state index in [1.165, 1.54) is 16.4 Å². The number of benzene rings is 1. The fourth-order valence-corrected chi connectivity index (χ4v) is 4.83. The van der Waals surface area contributed by atoms with Crippen LogP contribution in [0.25, 0.3) is 11.5 Å². The van der Waals surface area contributed by atoms with Crippen molar-refractivity contribution in [2.24, 2.45) is 5.92 Å². The summed E-state index contributed by atoms with van der Waals surface area (Å²) in [6.07, 6.45) is 6.72. The average Bonchev–Trinajstić information content (AvgIpc) is 3.18. The molecular formula is C18H18FN5O3S. The highest BCUT2D eigenvalue weighted by molar-refractivity contribution is 7.89. The van der Waals surface area contributed by atoms with E-state index in [2.05, 4.69) is 20.1 Å². The van der Waals surface area contributed by atoms with Crippen LogP contribution in [0.15, 0.2) is 52.3 Å². The zero-order chi connectivity index (χ0) is 19.6. The Morgan fingerprint density at radius 3 is 2.79 bits per heavy atom. The Kier molecular flexibility index (Phi) is 5.14. The molecule has 1 aromatic carbocycles. The minimum absolute atomic E-state index is 0.0548. The van der Waals surface area contributed by atoms with Crippen LogP contribution in [0.5, 0.6) is 0 Å². The summed E-state index contributed by atoms with van der Waals surface area (Å²) in [5.41, 5.74) is 0.515. The molecule has 0 aliphatic carbocycles. The maximum Gasteiger partial charge on any atom is 0.243 e. The Labute approximate surface area is 161 Å². The molecule has 4 rings (SSSR count). The molecular weight excluding hydrogens is 385 g/mol. The van der Waals surface area contributed by atoms with E-state index in [-0.39, 0.29) is 10.8 Å². The van der Waals surface area contributed by atoms with Crippen LogP contribution in [0.1, 0.15) is 18.7 Å². The van der Waals surface area contributed by atoms with Gasteiger partial charge in [0.15, 0.2) is 0 Å². The van der Waals surface area contributed by atoms with Crippen LogP contribution in [-0.4, -0.2) is 45.9 Å². The fraction of sp³-hybridized carbons (Fsp3) is 0.333. The highest BCUT2D eigenvalue weighted by Gasteiger charge is 2.31. The highest BCUT2D eigenvalue weighted by atomic mass is 32.2. The highest BCUT2D eigenvalue weighted by Crippen LogP contribution is 2.26. The lowest BCUT2D eigenvalue weighted by Crippen LogP contribution is -2.40. The van der Waals surface area contributed by atoms with Crippen LogP contribution in [0, 0.1) is 11.7 Å². The first kappa shape index (κ1) is 18.6. The lowest BCUT2D eigenvalue weighted by Gasteiger charge is -2.31. The molecule has 28 heavy (non-hydrogen) atoms. The molecule has 10 heteroatoms. The molecule has 8 nitrogen and oxygen atoms in total. The molecule has 3 heterocycles. The largest absolute Gasteiger partial charge is 0.339 e. The molecule has 3 aromatic rings. The quantitative estimate of drug-likeness (QED) is 0.644. The van der Waals surface area contributed by atoms with Gasteiger partial charge in [-0.25, -0.2) is 17.8 Å². The van der Waals surface area contributed by atoms with Crippen molar-refractivity contribution in [1.82, 2.24) is 24.4 Å². The first-order valence-electron chi connectivity index (χ1n) is 8.87. The predicted molar refractivity (Wildman–Crippen MR) is 96.9 cm³/mol. The smallest absolute Gasteiger partial charge is 0.243 e. The van der Waals surface area contributed by atoms with Gasteiger partial charge in [-0.3, -0.25) is 4.98 Å². The van der Waals surface area contributed by atoms with Gasteiger partial charge in [0.1, 0.15) is 11.5 Å². The molecule has 146 valence electrons. The van der Waals surface area contributed by atoms with Gasteiger partial charge in [0.05, 0.1) is 11.1 Å². The van der Waals surface area contributed by atoms with E-state index in [1.807, 2.05) is 0 Å². The van der Waals surface area contributed by atoms with Gasteiger partial charge < -0.3 is 4.52 Å². The molecule has 0 N–H and O–H groups in total. The number of hydrogen-bond donors (Lipinski definition) is 0. The van der Waals surface area contributed by atoms with Crippen molar-refractivity contribution < 1.29 is 17.3 Å². The lowest BCUT2D eigenvalue weighted by atomic mass is 9.96. The zero-order valence-electron chi connectivity index (χ0n) is 14.9. The monoisotopic (exact) mass is 403 g/mol. The molecule has 0 radical (unpaired) electrons. The summed E-state index contributed by atoms with van der Waals surface area (Å²) in [5.74, 6) is 0.381. The normalized spacial score (nSPS) is 18.2. The second kappa shape index (κ2) is 7.72. The SMILES string of the molecule is O=S(=O)(c1ccc(F)cc1)N1CCCC(Cc2nc(-c3cnccn3)no2)C1. The first-order valence-corrected chi connectivity index (χ1v) is 10.3. The zero-order valence-corrected chi connectivity index (χ0v) is 15.7. The number of halogens is 1. The fourth-order valence-electron chi connectivity index (χ4n) is 3.27. The summed E-state index contributed by atoms with van der Waals surface area (Å²) in [7, 11) is -3.66. The Bertz CT molecular complexity index is 1040. The number of hydrogen-bond acceptors (Lipinski definition) is 7. The second-order valence-corrected chi connectivity index (χ2v) is 8.57. The first-order chi connectivity index (χ1) is 13.5. The molecule has 0 bridgehead atoms. The Morgan fingerprint density at radius 1 is 1.21 bits per heavy atom. The maximum atomic E-state index is 13.1. The average molecular weight is 403 g/mol. The standard InChI is InChI=1S/C18H18FN5O3S/c19-14-3-5-15(6-4-14)28(25,26)24-9-1-2-13(12-24)10-17-22-18(23-27-17)16-11-20-7-8-21-16/h3-8,11,13H,1-2,9-10,12H2. The summed E-state index contributed by atoms with van der Waals surface area (Å²) in [6, 6.07) is 4.89. The molecule has 1 aliphatic heterocycles. The molecule has 0 amide bonds. The van der Waals surface area contributed by atoms with Gasteiger partial charge in [-0.1, -0.05) is 5.16 Å². The van der Waals surface area contributed by atoms with Gasteiger partial charge in [0.25, 0.3) is 0 Å². The van der Waals surface area contributed by atoms with E-state index in [4.69, 9.17) is 4.52 Å². The van der Waals surface area contributed by atoms with E-state index in [1.54, 1.807) is 18.6 Å².